The van der Waals surface area contributed by atoms with Gasteiger partial charge in [0.2, 0.25) is 0 Å². The number of rotatable bonds is 10. The zero-order valence-electron chi connectivity index (χ0n) is 12.6. The van der Waals surface area contributed by atoms with Crippen molar-refractivity contribution in [1.82, 2.24) is 10.2 Å². The van der Waals surface area contributed by atoms with Gasteiger partial charge < -0.3 is 15.2 Å². The molecule has 0 saturated heterocycles. The Labute approximate surface area is 132 Å². The number of aliphatic hydroxyl groups is 1. The highest BCUT2D eigenvalue weighted by molar-refractivity contribution is 6.30. The number of halogens is 1. The van der Waals surface area contributed by atoms with Crippen LogP contribution in [0.5, 0.6) is 5.75 Å². The molecule has 1 saturated carbocycles. The molecule has 21 heavy (non-hydrogen) atoms. The Kier molecular flexibility index (Phi) is 6.77. The molecule has 0 bridgehead atoms. The van der Waals surface area contributed by atoms with Gasteiger partial charge in [-0.3, -0.25) is 4.90 Å². The number of aliphatic hydroxyl groups excluding tert-OH is 1. The Hall–Kier alpha value is -0.810. The van der Waals surface area contributed by atoms with Gasteiger partial charge in [-0.25, -0.2) is 0 Å². The van der Waals surface area contributed by atoms with Gasteiger partial charge in [-0.2, -0.15) is 0 Å². The lowest BCUT2D eigenvalue weighted by molar-refractivity contribution is 0.105. The molecule has 118 valence electrons. The lowest BCUT2D eigenvalue weighted by atomic mass is 10.3. The van der Waals surface area contributed by atoms with E-state index < -0.39 is 6.10 Å². The van der Waals surface area contributed by atoms with Crippen molar-refractivity contribution in [3.05, 3.63) is 29.3 Å². The number of likely N-dealkylation sites (N-methyl/N-ethyl adjacent to an activating group) is 1. The molecule has 1 atom stereocenters. The lowest BCUT2D eigenvalue weighted by Gasteiger charge is -2.20. The average Bonchev–Trinajstić information content (AvgIpc) is 3.30. The average molecular weight is 313 g/mol. The maximum Gasteiger partial charge on any atom is 0.120 e. The first-order valence-corrected chi connectivity index (χ1v) is 8.08. The van der Waals surface area contributed by atoms with Crippen molar-refractivity contribution in [2.75, 3.05) is 32.8 Å². The van der Waals surface area contributed by atoms with Crippen molar-refractivity contribution < 1.29 is 9.84 Å². The third-order valence-corrected chi connectivity index (χ3v) is 3.90. The van der Waals surface area contributed by atoms with Crippen molar-refractivity contribution in [1.29, 1.82) is 0 Å². The first-order valence-electron chi connectivity index (χ1n) is 7.70. The Morgan fingerprint density at radius 3 is 2.95 bits per heavy atom. The summed E-state index contributed by atoms with van der Waals surface area (Å²) in [5.74, 6) is 0.687. The third kappa shape index (κ3) is 6.22. The second-order valence-corrected chi connectivity index (χ2v) is 5.92. The molecule has 1 aliphatic rings. The first-order chi connectivity index (χ1) is 10.2. The summed E-state index contributed by atoms with van der Waals surface area (Å²) < 4.78 is 5.51. The third-order valence-electron chi connectivity index (χ3n) is 3.66. The summed E-state index contributed by atoms with van der Waals surface area (Å²) in [4.78, 5) is 2.49. The molecule has 2 rings (SSSR count). The van der Waals surface area contributed by atoms with Crippen LogP contribution in [-0.2, 0) is 0 Å². The van der Waals surface area contributed by atoms with E-state index in [0.29, 0.717) is 17.3 Å². The molecule has 2 N–H and O–H groups in total. The van der Waals surface area contributed by atoms with Crippen LogP contribution in [0.4, 0.5) is 0 Å². The zero-order valence-corrected chi connectivity index (χ0v) is 13.4. The summed E-state index contributed by atoms with van der Waals surface area (Å²) in [5, 5.41) is 13.8. The van der Waals surface area contributed by atoms with E-state index in [1.54, 1.807) is 12.1 Å². The molecular formula is C16H25ClN2O2. The van der Waals surface area contributed by atoms with E-state index in [-0.39, 0.29) is 6.61 Å². The highest BCUT2D eigenvalue weighted by Crippen LogP contribution is 2.25. The summed E-state index contributed by atoms with van der Waals surface area (Å²) in [5.41, 5.74) is 0. The molecule has 0 aliphatic heterocycles. The van der Waals surface area contributed by atoms with E-state index in [4.69, 9.17) is 16.3 Å². The van der Waals surface area contributed by atoms with Crippen molar-refractivity contribution in [3.8, 4) is 5.75 Å². The Balaban J connectivity index is 1.56. The second-order valence-electron chi connectivity index (χ2n) is 5.49. The number of hydrogen-bond donors (Lipinski definition) is 2. The molecule has 1 aromatic rings. The zero-order chi connectivity index (χ0) is 15.1. The lowest BCUT2D eigenvalue weighted by Crippen LogP contribution is -2.38. The molecule has 0 spiro atoms. The van der Waals surface area contributed by atoms with Crippen molar-refractivity contribution in [2.24, 2.45) is 0 Å². The van der Waals surface area contributed by atoms with Crippen LogP contribution < -0.4 is 10.1 Å². The fraction of sp³-hybridized carbons (Fsp3) is 0.625. The minimum absolute atomic E-state index is 0.271. The van der Waals surface area contributed by atoms with Gasteiger partial charge in [0.1, 0.15) is 18.5 Å². The predicted molar refractivity (Wildman–Crippen MR) is 86.1 cm³/mol. The minimum atomic E-state index is -0.514. The summed E-state index contributed by atoms with van der Waals surface area (Å²) in [6.45, 7) is 6.07. The second kappa shape index (κ2) is 8.59. The monoisotopic (exact) mass is 312 g/mol. The van der Waals surface area contributed by atoms with Gasteiger partial charge >= 0.3 is 0 Å². The normalized spacial score (nSPS) is 16.2. The van der Waals surface area contributed by atoms with Crippen LogP contribution in [0.15, 0.2) is 24.3 Å². The van der Waals surface area contributed by atoms with Crippen LogP contribution in [0.3, 0.4) is 0 Å². The topological polar surface area (TPSA) is 44.7 Å². The van der Waals surface area contributed by atoms with E-state index >= 15 is 0 Å². The number of nitrogens with zero attached hydrogens (tertiary/aromatic N) is 1. The van der Waals surface area contributed by atoms with Crippen LogP contribution in [0.1, 0.15) is 19.8 Å². The summed E-state index contributed by atoms with van der Waals surface area (Å²) >= 11 is 5.88. The van der Waals surface area contributed by atoms with Crippen LogP contribution in [0, 0.1) is 0 Å². The number of benzene rings is 1. The number of hydrogen-bond acceptors (Lipinski definition) is 4. The minimum Gasteiger partial charge on any atom is -0.491 e. The molecule has 1 aliphatic carbocycles. The van der Waals surface area contributed by atoms with Crippen LogP contribution in [0.25, 0.3) is 0 Å². The molecule has 4 nitrogen and oxygen atoms in total. The van der Waals surface area contributed by atoms with Gasteiger partial charge in [0.05, 0.1) is 0 Å². The largest absolute Gasteiger partial charge is 0.491 e. The molecule has 1 fully saturated rings. The molecular weight excluding hydrogens is 288 g/mol. The molecule has 0 heterocycles. The van der Waals surface area contributed by atoms with Crippen molar-refractivity contribution in [3.63, 3.8) is 0 Å². The fourth-order valence-electron chi connectivity index (χ4n) is 2.34. The van der Waals surface area contributed by atoms with Crippen molar-refractivity contribution >= 4 is 11.6 Å². The van der Waals surface area contributed by atoms with E-state index in [1.807, 2.05) is 12.1 Å². The maximum absolute atomic E-state index is 9.89. The van der Waals surface area contributed by atoms with Gasteiger partial charge in [0.25, 0.3) is 0 Å². The molecule has 1 unspecified atom stereocenters. The number of ether oxygens (including phenoxy) is 1. The molecule has 5 heteroatoms. The van der Waals surface area contributed by atoms with Crippen LogP contribution >= 0.6 is 11.6 Å². The van der Waals surface area contributed by atoms with E-state index in [1.165, 1.54) is 12.8 Å². The quantitative estimate of drug-likeness (QED) is 0.650. The van der Waals surface area contributed by atoms with Gasteiger partial charge in [0, 0.05) is 30.7 Å². The highest BCUT2D eigenvalue weighted by Gasteiger charge is 2.26. The molecule has 0 radical (unpaired) electrons. The number of nitrogens with one attached hydrogen (secondary N) is 1. The summed E-state index contributed by atoms with van der Waals surface area (Å²) in [6.07, 6.45) is 2.16. The smallest absolute Gasteiger partial charge is 0.120 e. The summed E-state index contributed by atoms with van der Waals surface area (Å²) in [7, 11) is 0. The van der Waals surface area contributed by atoms with Gasteiger partial charge in [-0.1, -0.05) is 24.6 Å². The molecule has 1 aromatic carbocycles. The van der Waals surface area contributed by atoms with Gasteiger partial charge in [0.15, 0.2) is 0 Å². The van der Waals surface area contributed by atoms with Gasteiger partial charge in [-0.15, -0.1) is 0 Å². The van der Waals surface area contributed by atoms with E-state index in [2.05, 4.69) is 17.1 Å². The molecule has 0 amide bonds. The highest BCUT2D eigenvalue weighted by atomic mass is 35.5. The summed E-state index contributed by atoms with van der Waals surface area (Å²) in [6, 6.07) is 8.01. The van der Waals surface area contributed by atoms with Crippen LogP contribution in [0.2, 0.25) is 5.02 Å². The Morgan fingerprint density at radius 1 is 1.48 bits per heavy atom. The first kappa shape index (κ1) is 16.6. The fourth-order valence-corrected chi connectivity index (χ4v) is 2.52. The SMILES string of the molecule is CCN(CCNCC(O)COc1cccc(Cl)c1)C1CC1. The van der Waals surface area contributed by atoms with Crippen molar-refractivity contribution in [2.45, 2.75) is 31.9 Å². The maximum atomic E-state index is 9.89. The standard InChI is InChI=1S/C16H25ClN2O2/c1-2-19(14-6-7-14)9-8-18-11-15(20)12-21-16-5-3-4-13(17)10-16/h3-5,10,14-15,18,20H,2,6-9,11-12H2,1H3. The van der Waals surface area contributed by atoms with Crippen LogP contribution in [-0.4, -0.2) is 54.9 Å². The predicted octanol–water partition coefficient (Wildman–Crippen LogP) is 2.15. The van der Waals surface area contributed by atoms with E-state index in [0.717, 1.165) is 25.7 Å². The molecule has 0 aromatic heterocycles. The Bertz CT molecular complexity index is 426. The Morgan fingerprint density at radius 2 is 2.29 bits per heavy atom. The van der Waals surface area contributed by atoms with E-state index in [9.17, 15) is 5.11 Å². The van der Waals surface area contributed by atoms with Gasteiger partial charge in [-0.05, 0) is 37.6 Å².